The van der Waals surface area contributed by atoms with Gasteiger partial charge in [-0.15, -0.1) is 0 Å². The maximum absolute atomic E-state index is 12.8. The molecule has 0 radical (unpaired) electrons. The van der Waals surface area contributed by atoms with Crippen molar-refractivity contribution in [2.45, 2.75) is 32.2 Å². The first kappa shape index (κ1) is 14.8. The van der Waals surface area contributed by atoms with Gasteiger partial charge in [-0.05, 0) is 43.4 Å². The van der Waals surface area contributed by atoms with Crippen LogP contribution in [0, 0.1) is 6.92 Å². The van der Waals surface area contributed by atoms with E-state index in [2.05, 4.69) is 22.4 Å². The molecule has 2 N–H and O–H groups in total. The second kappa shape index (κ2) is 5.67. The summed E-state index contributed by atoms with van der Waals surface area (Å²) in [5, 5.41) is 13.1. The number of carbonyl (C=O) groups is 1. The molecule has 0 saturated heterocycles. The van der Waals surface area contributed by atoms with E-state index >= 15 is 0 Å². The molecule has 1 aliphatic carbocycles. The number of hydrogen-bond donors (Lipinski definition) is 2. The van der Waals surface area contributed by atoms with E-state index in [1.807, 2.05) is 12.1 Å². The van der Waals surface area contributed by atoms with Crippen molar-refractivity contribution in [1.29, 1.82) is 0 Å². The van der Waals surface area contributed by atoms with Gasteiger partial charge in [-0.2, -0.15) is 0 Å². The summed E-state index contributed by atoms with van der Waals surface area (Å²) >= 11 is 0. The van der Waals surface area contributed by atoms with Gasteiger partial charge in [-0.3, -0.25) is 9.20 Å². The van der Waals surface area contributed by atoms with Gasteiger partial charge in [0.1, 0.15) is 0 Å². The van der Waals surface area contributed by atoms with Crippen LogP contribution in [-0.2, 0) is 6.42 Å². The summed E-state index contributed by atoms with van der Waals surface area (Å²) < 4.78 is 1.52. The van der Waals surface area contributed by atoms with Crippen LogP contribution in [0.25, 0.3) is 5.65 Å². The van der Waals surface area contributed by atoms with E-state index in [0.717, 1.165) is 19.3 Å². The molecule has 4 rings (SSSR count). The quantitative estimate of drug-likeness (QED) is 0.762. The van der Waals surface area contributed by atoms with Gasteiger partial charge in [-0.1, -0.05) is 24.3 Å². The predicted octanol–water partition coefficient (Wildman–Crippen LogP) is 3.16. The minimum Gasteiger partial charge on any atom is -0.494 e. The molecule has 0 aliphatic heterocycles. The van der Waals surface area contributed by atoms with Gasteiger partial charge >= 0.3 is 0 Å². The summed E-state index contributed by atoms with van der Waals surface area (Å²) in [5.74, 6) is -0.0729. The minimum absolute atomic E-state index is 0.0239. The van der Waals surface area contributed by atoms with Crippen molar-refractivity contribution in [1.82, 2.24) is 14.7 Å². The van der Waals surface area contributed by atoms with E-state index in [1.165, 1.54) is 15.5 Å². The maximum Gasteiger partial charge on any atom is 0.255 e. The Bertz CT molecular complexity index is 930. The second-order valence-corrected chi connectivity index (χ2v) is 6.30. The number of rotatable bonds is 2. The van der Waals surface area contributed by atoms with Crippen LogP contribution in [0.5, 0.6) is 5.88 Å². The first-order chi connectivity index (χ1) is 11.6. The second-order valence-electron chi connectivity index (χ2n) is 6.30. The Hall–Kier alpha value is -2.82. The molecule has 2 aromatic heterocycles. The smallest absolute Gasteiger partial charge is 0.255 e. The zero-order valence-electron chi connectivity index (χ0n) is 13.5. The molecule has 1 aliphatic rings. The SMILES string of the molecule is Cc1cc(O)n2ccc(C(=O)NC3CCCc4ccccc43)c2n1. The van der Waals surface area contributed by atoms with Crippen molar-refractivity contribution >= 4 is 11.6 Å². The highest BCUT2D eigenvalue weighted by molar-refractivity contribution is 6.00. The third-order valence-corrected chi connectivity index (χ3v) is 4.65. The van der Waals surface area contributed by atoms with Crippen LogP contribution in [0.15, 0.2) is 42.6 Å². The van der Waals surface area contributed by atoms with Crippen molar-refractivity contribution < 1.29 is 9.90 Å². The molecular formula is C19H19N3O2. The molecular weight excluding hydrogens is 302 g/mol. The van der Waals surface area contributed by atoms with Crippen molar-refractivity contribution in [3.05, 3.63) is 65.0 Å². The fourth-order valence-corrected chi connectivity index (χ4v) is 3.50. The zero-order valence-corrected chi connectivity index (χ0v) is 13.5. The largest absolute Gasteiger partial charge is 0.494 e. The van der Waals surface area contributed by atoms with Gasteiger partial charge in [0.05, 0.1) is 11.6 Å². The fraction of sp³-hybridized carbons (Fsp3) is 0.263. The third kappa shape index (κ3) is 2.42. The summed E-state index contributed by atoms with van der Waals surface area (Å²) in [6.45, 7) is 1.80. The lowest BCUT2D eigenvalue weighted by Gasteiger charge is -2.26. The number of fused-ring (bicyclic) bond motifs is 2. The van der Waals surface area contributed by atoms with Crippen LogP contribution in [0.4, 0.5) is 0 Å². The minimum atomic E-state index is -0.156. The molecule has 0 spiro atoms. The Labute approximate surface area is 140 Å². The van der Waals surface area contributed by atoms with Crippen LogP contribution in [0.3, 0.4) is 0 Å². The van der Waals surface area contributed by atoms with Crippen LogP contribution < -0.4 is 5.32 Å². The molecule has 1 aromatic carbocycles. The number of aromatic nitrogens is 2. The summed E-state index contributed by atoms with van der Waals surface area (Å²) in [4.78, 5) is 17.2. The molecule has 5 nitrogen and oxygen atoms in total. The average molecular weight is 321 g/mol. The van der Waals surface area contributed by atoms with Crippen LogP contribution >= 0.6 is 0 Å². The van der Waals surface area contributed by atoms with Crippen LogP contribution in [0.2, 0.25) is 0 Å². The lowest BCUT2D eigenvalue weighted by atomic mass is 9.87. The maximum atomic E-state index is 12.8. The first-order valence-corrected chi connectivity index (χ1v) is 8.20. The van der Waals surface area contributed by atoms with Crippen molar-refractivity contribution in [3.63, 3.8) is 0 Å². The number of carbonyl (C=O) groups excluding carboxylic acids is 1. The number of hydrogen-bond acceptors (Lipinski definition) is 3. The number of amides is 1. The van der Waals surface area contributed by atoms with Crippen molar-refractivity contribution in [2.24, 2.45) is 0 Å². The molecule has 0 fully saturated rings. The number of aryl methyl sites for hydroxylation is 2. The van der Waals surface area contributed by atoms with E-state index in [0.29, 0.717) is 16.9 Å². The molecule has 3 aromatic rings. The van der Waals surface area contributed by atoms with E-state index in [-0.39, 0.29) is 17.8 Å². The fourth-order valence-electron chi connectivity index (χ4n) is 3.50. The van der Waals surface area contributed by atoms with E-state index in [1.54, 1.807) is 25.3 Å². The van der Waals surface area contributed by atoms with Crippen molar-refractivity contribution in [3.8, 4) is 5.88 Å². The highest BCUT2D eigenvalue weighted by Gasteiger charge is 2.23. The Balaban J connectivity index is 1.66. The molecule has 24 heavy (non-hydrogen) atoms. The molecule has 122 valence electrons. The molecule has 1 atom stereocenters. The number of benzene rings is 1. The third-order valence-electron chi connectivity index (χ3n) is 4.65. The lowest BCUT2D eigenvalue weighted by molar-refractivity contribution is 0.0934. The van der Waals surface area contributed by atoms with Gasteiger partial charge in [0.15, 0.2) is 11.5 Å². The summed E-state index contributed by atoms with van der Waals surface area (Å²) in [6, 6.07) is 11.6. The van der Waals surface area contributed by atoms with Crippen molar-refractivity contribution in [2.75, 3.05) is 0 Å². The predicted molar refractivity (Wildman–Crippen MR) is 91.2 cm³/mol. The Morgan fingerprint density at radius 1 is 1.33 bits per heavy atom. The van der Waals surface area contributed by atoms with Gasteiger partial charge in [-0.25, -0.2) is 4.98 Å². The number of nitrogens with one attached hydrogen (secondary N) is 1. The molecule has 2 heterocycles. The molecule has 5 heteroatoms. The topological polar surface area (TPSA) is 66.6 Å². The molecule has 1 unspecified atom stereocenters. The summed E-state index contributed by atoms with van der Waals surface area (Å²) in [5.41, 5.74) is 4.15. The Kier molecular flexibility index (Phi) is 3.49. The first-order valence-electron chi connectivity index (χ1n) is 8.20. The van der Waals surface area contributed by atoms with Gasteiger partial charge in [0.2, 0.25) is 0 Å². The van der Waals surface area contributed by atoms with Gasteiger partial charge in [0, 0.05) is 18.0 Å². The highest BCUT2D eigenvalue weighted by Crippen LogP contribution is 2.30. The average Bonchev–Trinajstić information content (AvgIpc) is 2.99. The monoisotopic (exact) mass is 321 g/mol. The van der Waals surface area contributed by atoms with E-state index in [9.17, 15) is 9.90 Å². The Morgan fingerprint density at radius 3 is 3.04 bits per heavy atom. The molecule has 0 saturated carbocycles. The van der Waals surface area contributed by atoms with Crippen LogP contribution in [-0.4, -0.2) is 20.4 Å². The lowest BCUT2D eigenvalue weighted by Crippen LogP contribution is -2.31. The Morgan fingerprint density at radius 2 is 2.17 bits per heavy atom. The zero-order chi connectivity index (χ0) is 16.7. The van der Waals surface area contributed by atoms with Crippen LogP contribution in [0.1, 0.15) is 46.1 Å². The summed E-state index contributed by atoms with van der Waals surface area (Å²) in [6.07, 6.45) is 4.73. The number of nitrogens with zero attached hydrogens (tertiary/aromatic N) is 2. The normalized spacial score (nSPS) is 16.8. The molecule has 0 bridgehead atoms. The van der Waals surface area contributed by atoms with Gasteiger partial charge < -0.3 is 10.4 Å². The highest BCUT2D eigenvalue weighted by atomic mass is 16.3. The van der Waals surface area contributed by atoms with E-state index in [4.69, 9.17) is 0 Å². The number of aromatic hydroxyl groups is 1. The molecule has 1 amide bonds. The van der Waals surface area contributed by atoms with E-state index < -0.39 is 0 Å². The standard InChI is InChI=1S/C19H19N3O2/c1-12-11-17(23)22-10-9-15(18(22)20-12)19(24)21-16-8-4-6-13-5-2-3-7-14(13)16/h2-3,5,7,9-11,16,23H,4,6,8H2,1H3,(H,21,24). The van der Waals surface area contributed by atoms with Gasteiger partial charge in [0.25, 0.3) is 5.91 Å². The summed E-state index contributed by atoms with van der Waals surface area (Å²) in [7, 11) is 0.